The Morgan fingerprint density at radius 1 is 0.932 bits per heavy atom. The Morgan fingerprint density at radius 3 is 2.30 bits per heavy atom. The lowest BCUT2D eigenvalue weighted by Crippen LogP contribution is -2.30. The molecule has 1 saturated heterocycles. The second-order valence-electron chi connectivity index (χ2n) is 12.1. The number of likely N-dealkylation sites (tertiary alicyclic amines) is 1. The van der Waals surface area contributed by atoms with Gasteiger partial charge in [-0.25, -0.2) is 9.78 Å². The van der Waals surface area contributed by atoms with E-state index in [-0.39, 0.29) is 23.1 Å². The number of urea groups is 1. The highest BCUT2D eigenvalue weighted by atomic mass is 16.2. The third kappa shape index (κ3) is 6.71. The lowest BCUT2D eigenvalue weighted by molar-refractivity contribution is 0.262. The number of aromatic nitrogens is 2. The van der Waals surface area contributed by atoms with Crippen LogP contribution in [0, 0.1) is 11.8 Å². The predicted molar refractivity (Wildman–Crippen MR) is 182 cm³/mol. The van der Waals surface area contributed by atoms with Gasteiger partial charge >= 0.3 is 6.03 Å². The Balaban J connectivity index is 1.60. The maximum Gasteiger partial charge on any atom is 0.323 e. The molecule has 0 unspecified atom stereocenters. The van der Waals surface area contributed by atoms with E-state index in [1.807, 2.05) is 61.5 Å². The van der Waals surface area contributed by atoms with Crippen molar-refractivity contribution in [2.24, 2.45) is 0 Å². The van der Waals surface area contributed by atoms with Crippen molar-refractivity contribution in [2.45, 2.75) is 72.3 Å². The molecule has 0 aliphatic carbocycles. The maximum absolute atomic E-state index is 14.2. The minimum absolute atomic E-state index is 0.211. The number of pyridine rings is 2. The Hall–Kier alpha value is -4.41. The summed E-state index contributed by atoms with van der Waals surface area (Å²) >= 11 is 0. The van der Waals surface area contributed by atoms with E-state index in [0.717, 1.165) is 59.4 Å². The molecule has 7 nitrogen and oxygen atoms in total. The molecule has 228 valence electrons. The van der Waals surface area contributed by atoms with Gasteiger partial charge in [-0.15, -0.1) is 0 Å². The molecule has 2 amide bonds. The highest BCUT2D eigenvalue weighted by molar-refractivity contribution is 6.07. The Labute approximate surface area is 260 Å². The first-order valence-electron chi connectivity index (χ1n) is 15.8. The molecule has 1 fully saturated rings. The lowest BCUT2D eigenvalue weighted by atomic mass is 9.93. The van der Waals surface area contributed by atoms with Crippen LogP contribution in [-0.2, 0) is 6.54 Å². The van der Waals surface area contributed by atoms with E-state index in [1.54, 1.807) is 10.8 Å². The molecular formula is C37H43N5O2. The molecule has 1 aliphatic rings. The van der Waals surface area contributed by atoms with Gasteiger partial charge in [0.2, 0.25) is 0 Å². The van der Waals surface area contributed by atoms with Gasteiger partial charge in [0.1, 0.15) is 11.3 Å². The summed E-state index contributed by atoms with van der Waals surface area (Å²) in [5.74, 6) is 7.05. The second-order valence-corrected chi connectivity index (χ2v) is 12.1. The maximum atomic E-state index is 14.2. The number of rotatable bonds is 8. The van der Waals surface area contributed by atoms with E-state index >= 15 is 0 Å². The van der Waals surface area contributed by atoms with Gasteiger partial charge in [0.25, 0.3) is 5.56 Å². The fraction of sp³-hybridized carbons (Fsp3) is 0.378. The smallest absolute Gasteiger partial charge is 0.307 e. The SMILES string of the molecule is CCCn1c(=O)c(NC(=O)Nc2c(C(C)C)cccc2C(C)C)c(-c2cccc(C#CCN3CCCC3)c2)c2cccnc21. The summed E-state index contributed by atoms with van der Waals surface area (Å²) in [5, 5.41) is 6.91. The largest absolute Gasteiger partial charge is 0.323 e. The first-order chi connectivity index (χ1) is 21.3. The highest BCUT2D eigenvalue weighted by Gasteiger charge is 2.22. The Kier molecular flexibility index (Phi) is 9.82. The van der Waals surface area contributed by atoms with Gasteiger partial charge in [-0.3, -0.25) is 14.3 Å². The number of anilines is 2. The average Bonchev–Trinajstić information content (AvgIpc) is 3.53. The number of aryl methyl sites for hydroxylation is 1. The van der Waals surface area contributed by atoms with E-state index in [0.29, 0.717) is 17.8 Å². The van der Waals surface area contributed by atoms with Crippen LogP contribution < -0.4 is 16.2 Å². The fourth-order valence-electron chi connectivity index (χ4n) is 6.03. The molecule has 7 heteroatoms. The zero-order chi connectivity index (χ0) is 31.2. The van der Waals surface area contributed by atoms with Crippen molar-refractivity contribution in [2.75, 3.05) is 30.3 Å². The number of amides is 2. The molecule has 2 N–H and O–H groups in total. The number of carbonyl (C=O) groups is 1. The number of nitrogens with one attached hydrogen (secondary N) is 2. The van der Waals surface area contributed by atoms with Gasteiger partial charge in [0.05, 0.1) is 6.54 Å². The van der Waals surface area contributed by atoms with Crippen LogP contribution >= 0.6 is 0 Å². The van der Waals surface area contributed by atoms with Gasteiger partial charge in [0, 0.05) is 34.9 Å². The first-order valence-corrected chi connectivity index (χ1v) is 15.8. The third-order valence-electron chi connectivity index (χ3n) is 8.20. The van der Waals surface area contributed by atoms with E-state index in [1.165, 1.54) is 12.8 Å². The molecule has 1 aliphatic heterocycles. The quantitative estimate of drug-likeness (QED) is 0.206. The van der Waals surface area contributed by atoms with Crippen LogP contribution in [0.25, 0.3) is 22.2 Å². The average molecular weight is 590 g/mol. The van der Waals surface area contributed by atoms with Crippen molar-refractivity contribution in [3.8, 4) is 23.0 Å². The van der Waals surface area contributed by atoms with Crippen LogP contribution in [0.2, 0.25) is 0 Å². The molecule has 4 aromatic rings. The summed E-state index contributed by atoms with van der Waals surface area (Å²) in [7, 11) is 0. The van der Waals surface area contributed by atoms with Crippen LogP contribution in [0.1, 0.15) is 82.4 Å². The van der Waals surface area contributed by atoms with Gasteiger partial charge in [0.15, 0.2) is 0 Å². The summed E-state index contributed by atoms with van der Waals surface area (Å²) < 4.78 is 1.66. The summed E-state index contributed by atoms with van der Waals surface area (Å²) in [4.78, 5) is 34.9. The molecule has 0 spiro atoms. The summed E-state index contributed by atoms with van der Waals surface area (Å²) in [6.45, 7) is 13.9. The van der Waals surface area contributed by atoms with Crippen molar-refractivity contribution in [1.29, 1.82) is 0 Å². The zero-order valence-corrected chi connectivity index (χ0v) is 26.5. The molecular weight excluding hydrogens is 546 g/mol. The summed E-state index contributed by atoms with van der Waals surface area (Å²) in [5.41, 5.74) is 5.75. The summed E-state index contributed by atoms with van der Waals surface area (Å²) in [6, 6.07) is 17.4. The Bertz CT molecular complexity index is 1740. The fourth-order valence-corrected chi connectivity index (χ4v) is 6.03. The van der Waals surface area contributed by atoms with E-state index in [2.05, 4.69) is 60.1 Å². The van der Waals surface area contributed by atoms with Gasteiger partial charge in [-0.1, -0.05) is 76.8 Å². The molecule has 0 radical (unpaired) electrons. The monoisotopic (exact) mass is 589 g/mol. The van der Waals surface area contributed by atoms with Crippen LogP contribution in [0.15, 0.2) is 65.6 Å². The van der Waals surface area contributed by atoms with Gasteiger partial charge < -0.3 is 10.6 Å². The van der Waals surface area contributed by atoms with Crippen LogP contribution in [-0.4, -0.2) is 40.1 Å². The van der Waals surface area contributed by atoms with Crippen molar-refractivity contribution >= 4 is 28.4 Å². The van der Waals surface area contributed by atoms with Crippen molar-refractivity contribution in [1.82, 2.24) is 14.5 Å². The molecule has 2 aromatic heterocycles. The van der Waals surface area contributed by atoms with Crippen molar-refractivity contribution in [3.05, 3.63) is 87.8 Å². The molecule has 5 rings (SSSR count). The molecule has 2 aromatic carbocycles. The normalized spacial score (nSPS) is 13.3. The van der Waals surface area contributed by atoms with E-state index in [9.17, 15) is 9.59 Å². The van der Waals surface area contributed by atoms with Crippen molar-refractivity contribution in [3.63, 3.8) is 0 Å². The number of hydrogen-bond donors (Lipinski definition) is 2. The zero-order valence-electron chi connectivity index (χ0n) is 26.5. The highest BCUT2D eigenvalue weighted by Crippen LogP contribution is 2.35. The molecule has 0 atom stereocenters. The van der Waals surface area contributed by atoms with Crippen molar-refractivity contribution < 1.29 is 4.79 Å². The van der Waals surface area contributed by atoms with Gasteiger partial charge in [-0.2, -0.15) is 0 Å². The second kappa shape index (κ2) is 13.9. The standard InChI is InChI=1S/C37H43N5O2/c1-6-20-42-35-31(18-11-19-38-35)32(28-15-9-13-27(24-28)14-12-23-41-21-7-8-22-41)34(36(42)43)40-37(44)39-33-29(25(2)3)16-10-17-30(33)26(4)5/h9-11,13,15-19,24-26H,6-8,20-23H2,1-5H3,(H2,39,40,44). The van der Waals surface area contributed by atoms with Gasteiger partial charge in [-0.05, 0) is 85.1 Å². The number of carbonyl (C=O) groups excluding carboxylic acids is 1. The lowest BCUT2D eigenvalue weighted by Gasteiger charge is -2.21. The van der Waals surface area contributed by atoms with E-state index < -0.39 is 6.03 Å². The number of hydrogen-bond acceptors (Lipinski definition) is 4. The predicted octanol–water partition coefficient (Wildman–Crippen LogP) is 7.81. The number of para-hydroxylation sites is 1. The Morgan fingerprint density at radius 2 is 1.61 bits per heavy atom. The topological polar surface area (TPSA) is 79.3 Å². The van der Waals surface area contributed by atoms with Crippen LogP contribution in [0.5, 0.6) is 0 Å². The van der Waals surface area contributed by atoms with Crippen LogP contribution in [0.4, 0.5) is 16.2 Å². The molecule has 0 saturated carbocycles. The van der Waals surface area contributed by atoms with Crippen LogP contribution in [0.3, 0.4) is 0 Å². The van der Waals surface area contributed by atoms with E-state index in [4.69, 9.17) is 0 Å². The summed E-state index contributed by atoms with van der Waals surface area (Å²) in [6.07, 6.45) is 4.91. The number of fused-ring (bicyclic) bond motifs is 1. The molecule has 44 heavy (non-hydrogen) atoms. The number of nitrogens with zero attached hydrogens (tertiary/aromatic N) is 3. The molecule has 3 heterocycles. The first kappa shape index (κ1) is 31.0. The minimum atomic E-state index is -0.453. The minimum Gasteiger partial charge on any atom is -0.307 e. The number of benzene rings is 2. The third-order valence-corrected chi connectivity index (χ3v) is 8.20. The molecule has 0 bridgehead atoms.